The number of hydrogen-bond donors (Lipinski definition) is 2. The molecule has 128 valence electrons. The fourth-order valence-electron chi connectivity index (χ4n) is 2.17. The molecule has 0 spiro atoms. The van der Waals surface area contributed by atoms with Gasteiger partial charge in [0.2, 0.25) is 6.10 Å². The monoisotopic (exact) mass is 394 g/mol. The first kappa shape index (κ1) is 18.4. The van der Waals surface area contributed by atoms with E-state index in [0.717, 1.165) is 12.8 Å². The molecule has 0 aliphatic rings. The zero-order chi connectivity index (χ0) is 17.4. The molecular weight excluding hydrogens is 375 g/mol. The normalized spacial score (nSPS) is 11.8. The van der Waals surface area contributed by atoms with E-state index in [4.69, 9.17) is 10.5 Å². The first-order chi connectivity index (χ1) is 11.6. The predicted octanol–water partition coefficient (Wildman–Crippen LogP) is 3.56. The number of unbranched alkanes of at least 4 members (excludes halogenated alkanes) is 1. The third-order valence-electron chi connectivity index (χ3n) is 3.41. The summed E-state index contributed by atoms with van der Waals surface area (Å²) in [6, 6.07) is 13.5. The summed E-state index contributed by atoms with van der Waals surface area (Å²) >= 11 is 3.20. The quantitative estimate of drug-likeness (QED) is 0.672. The second-order valence-electron chi connectivity index (χ2n) is 5.27. The number of ether oxygens (including phenoxy) is 1. The summed E-state index contributed by atoms with van der Waals surface area (Å²) < 4.78 is 20.3. The number of hydrogen-bond acceptors (Lipinski definition) is 3. The van der Waals surface area contributed by atoms with Crippen LogP contribution in [-0.2, 0) is 4.79 Å². The van der Waals surface area contributed by atoms with Gasteiger partial charge in [-0.3, -0.25) is 4.79 Å². The van der Waals surface area contributed by atoms with Crippen molar-refractivity contribution in [2.45, 2.75) is 18.9 Å². The van der Waals surface area contributed by atoms with Crippen LogP contribution in [0, 0.1) is 5.82 Å². The van der Waals surface area contributed by atoms with Crippen molar-refractivity contribution in [3.63, 3.8) is 0 Å². The summed E-state index contributed by atoms with van der Waals surface area (Å²) in [4.78, 5) is 12.5. The predicted molar refractivity (Wildman–Crippen MR) is 95.2 cm³/mol. The van der Waals surface area contributed by atoms with Crippen LogP contribution in [0.1, 0.15) is 24.5 Å². The van der Waals surface area contributed by atoms with E-state index < -0.39 is 11.9 Å². The van der Waals surface area contributed by atoms with E-state index in [1.807, 2.05) is 18.2 Å². The molecule has 4 nitrogen and oxygen atoms in total. The summed E-state index contributed by atoms with van der Waals surface area (Å²) in [6.07, 6.45) is 0.703. The number of nitrogens with two attached hydrogens (primary N) is 1. The lowest BCUT2D eigenvalue weighted by atomic mass is 10.1. The van der Waals surface area contributed by atoms with E-state index in [9.17, 15) is 9.18 Å². The van der Waals surface area contributed by atoms with Gasteiger partial charge in [-0.2, -0.15) is 0 Å². The zero-order valence-corrected chi connectivity index (χ0v) is 14.8. The molecule has 1 atom stereocenters. The van der Waals surface area contributed by atoms with Gasteiger partial charge in [0.05, 0.1) is 0 Å². The smallest absolute Gasteiger partial charge is 0.265 e. The van der Waals surface area contributed by atoms with Crippen molar-refractivity contribution in [2.75, 3.05) is 13.1 Å². The lowest BCUT2D eigenvalue weighted by molar-refractivity contribution is -0.128. The van der Waals surface area contributed by atoms with Crippen molar-refractivity contribution in [3.05, 3.63) is 64.4 Å². The molecule has 0 aromatic heterocycles. The maximum absolute atomic E-state index is 14.0. The highest BCUT2D eigenvalue weighted by Crippen LogP contribution is 2.27. The summed E-state index contributed by atoms with van der Waals surface area (Å²) in [7, 11) is 0. The number of benzene rings is 2. The van der Waals surface area contributed by atoms with Gasteiger partial charge in [-0.1, -0.05) is 46.3 Å². The highest BCUT2D eigenvalue weighted by atomic mass is 79.9. The lowest BCUT2D eigenvalue weighted by Gasteiger charge is -2.19. The van der Waals surface area contributed by atoms with Crippen molar-refractivity contribution < 1.29 is 13.9 Å². The van der Waals surface area contributed by atoms with Crippen molar-refractivity contribution in [3.8, 4) is 5.75 Å². The van der Waals surface area contributed by atoms with Gasteiger partial charge in [-0.15, -0.1) is 0 Å². The molecule has 1 amide bonds. The molecule has 0 bridgehead atoms. The van der Waals surface area contributed by atoms with Gasteiger partial charge in [0, 0.05) is 16.6 Å². The molecule has 2 rings (SSSR count). The van der Waals surface area contributed by atoms with Crippen LogP contribution in [-0.4, -0.2) is 19.0 Å². The van der Waals surface area contributed by atoms with Crippen molar-refractivity contribution in [1.82, 2.24) is 5.32 Å². The van der Waals surface area contributed by atoms with Gasteiger partial charge in [-0.05, 0) is 37.6 Å². The van der Waals surface area contributed by atoms with Crippen LogP contribution in [0.4, 0.5) is 4.39 Å². The maximum atomic E-state index is 14.0. The number of rotatable bonds is 8. The third-order valence-corrected chi connectivity index (χ3v) is 3.90. The molecule has 2 aromatic rings. The fourth-order valence-corrected chi connectivity index (χ4v) is 2.51. The molecule has 3 N–H and O–H groups in total. The highest BCUT2D eigenvalue weighted by Gasteiger charge is 2.23. The maximum Gasteiger partial charge on any atom is 0.265 e. The minimum Gasteiger partial charge on any atom is -0.473 e. The minimum atomic E-state index is -0.917. The Bertz CT molecular complexity index is 667. The molecule has 6 heteroatoms. The number of carbonyl (C=O) groups excluding carboxylic acids is 1. The van der Waals surface area contributed by atoms with Gasteiger partial charge < -0.3 is 15.8 Å². The Kier molecular flexibility index (Phi) is 7.21. The molecule has 2 aromatic carbocycles. The fraction of sp³-hybridized carbons (Fsp3) is 0.278. The average molecular weight is 395 g/mol. The largest absolute Gasteiger partial charge is 0.473 e. The van der Waals surface area contributed by atoms with Gasteiger partial charge in [0.25, 0.3) is 5.91 Å². The summed E-state index contributed by atoms with van der Waals surface area (Å²) in [5.41, 5.74) is 6.11. The third kappa shape index (κ3) is 5.32. The SMILES string of the molecule is NCCCCNC(=O)C(Oc1ccc(Br)cc1F)c1ccccc1. The minimum absolute atomic E-state index is 0.0316. The average Bonchev–Trinajstić information content (AvgIpc) is 2.58. The summed E-state index contributed by atoms with van der Waals surface area (Å²) in [5, 5.41) is 2.82. The van der Waals surface area contributed by atoms with E-state index in [0.29, 0.717) is 23.1 Å². The Labute approximate surface area is 149 Å². The summed E-state index contributed by atoms with van der Waals surface area (Å²) in [5.74, 6) is -0.800. The molecule has 0 fully saturated rings. The first-order valence-corrected chi connectivity index (χ1v) is 8.55. The zero-order valence-electron chi connectivity index (χ0n) is 13.2. The molecule has 0 saturated heterocycles. The number of halogens is 2. The second-order valence-corrected chi connectivity index (χ2v) is 6.19. The van der Waals surface area contributed by atoms with Crippen LogP contribution < -0.4 is 15.8 Å². The molecule has 0 saturated carbocycles. The van der Waals surface area contributed by atoms with E-state index >= 15 is 0 Å². The Hall–Kier alpha value is -1.92. The van der Waals surface area contributed by atoms with Gasteiger partial charge >= 0.3 is 0 Å². The van der Waals surface area contributed by atoms with Gasteiger partial charge in [-0.25, -0.2) is 4.39 Å². The summed E-state index contributed by atoms with van der Waals surface area (Å²) in [6.45, 7) is 1.09. The van der Waals surface area contributed by atoms with Crippen molar-refractivity contribution in [1.29, 1.82) is 0 Å². The Balaban J connectivity index is 2.15. The van der Waals surface area contributed by atoms with Crippen LogP contribution in [0.25, 0.3) is 0 Å². The number of nitrogens with one attached hydrogen (secondary N) is 1. The van der Waals surface area contributed by atoms with Gasteiger partial charge in [0.1, 0.15) is 0 Å². The van der Waals surface area contributed by atoms with E-state index in [1.165, 1.54) is 12.1 Å². The van der Waals surface area contributed by atoms with E-state index in [1.54, 1.807) is 18.2 Å². The van der Waals surface area contributed by atoms with E-state index in [2.05, 4.69) is 21.2 Å². The van der Waals surface area contributed by atoms with Crippen LogP contribution >= 0.6 is 15.9 Å². The Morgan fingerprint density at radius 2 is 1.96 bits per heavy atom. The van der Waals surface area contributed by atoms with E-state index in [-0.39, 0.29) is 11.7 Å². The van der Waals surface area contributed by atoms with Crippen LogP contribution in [0.5, 0.6) is 5.75 Å². The first-order valence-electron chi connectivity index (χ1n) is 7.76. The Morgan fingerprint density at radius 3 is 2.62 bits per heavy atom. The topological polar surface area (TPSA) is 64.3 Å². The molecule has 0 radical (unpaired) electrons. The molecule has 0 aliphatic carbocycles. The van der Waals surface area contributed by atoms with Crippen LogP contribution in [0.15, 0.2) is 53.0 Å². The molecule has 24 heavy (non-hydrogen) atoms. The van der Waals surface area contributed by atoms with Crippen molar-refractivity contribution in [2.24, 2.45) is 5.73 Å². The molecule has 0 aliphatic heterocycles. The van der Waals surface area contributed by atoms with Crippen LogP contribution in [0.3, 0.4) is 0 Å². The van der Waals surface area contributed by atoms with Crippen molar-refractivity contribution >= 4 is 21.8 Å². The second kappa shape index (κ2) is 9.39. The Morgan fingerprint density at radius 1 is 1.21 bits per heavy atom. The van der Waals surface area contributed by atoms with Crippen LogP contribution in [0.2, 0.25) is 0 Å². The molecular formula is C18H20BrFN2O2. The standard InChI is InChI=1S/C18H20BrFN2O2/c19-14-8-9-16(15(20)12-14)24-17(13-6-2-1-3-7-13)18(23)22-11-5-4-10-21/h1-3,6-9,12,17H,4-5,10-11,21H2,(H,22,23). The molecule has 0 heterocycles. The number of carbonyl (C=O) groups is 1. The van der Waals surface area contributed by atoms with Gasteiger partial charge in [0.15, 0.2) is 11.6 Å². The number of amides is 1. The molecule has 1 unspecified atom stereocenters. The highest BCUT2D eigenvalue weighted by molar-refractivity contribution is 9.10. The lowest BCUT2D eigenvalue weighted by Crippen LogP contribution is -2.33.